The molecule has 0 unspecified atom stereocenters. The van der Waals surface area contributed by atoms with Crippen molar-refractivity contribution in [2.75, 3.05) is 0 Å². The van der Waals surface area contributed by atoms with Gasteiger partial charge in [0.1, 0.15) is 0 Å². The Kier molecular flexibility index (Phi) is 21.7. The molecule has 0 saturated heterocycles. The summed E-state index contributed by atoms with van der Waals surface area (Å²) in [5.74, 6) is 0. The molecule has 0 nitrogen and oxygen atoms in total. The molecule has 0 bridgehead atoms. The molecule has 0 aliphatic heterocycles. The van der Waals surface area contributed by atoms with Crippen molar-refractivity contribution in [3.05, 3.63) is 0 Å². The van der Waals surface area contributed by atoms with E-state index in [2.05, 4.69) is 0 Å². The fourth-order valence-electron chi connectivity index (χ4n) is 0. The molecule has 64 valence electrons. The number of halogens is 6. The predicted molar refractivity (Wildman–Crippen MR) is 24.9 cm³/mol. The third-order valence-electron chi connectivity index (χ3n) is 0. The second kappa shape index (κ2) is 11.8. The van der Waals surface area contributed by atoms with Gasteiger partial charge in [0.15, 0.2) is 0 Å². The SMILES string of the molecule is FP(F)F.FP(F)F.[H-].[H-].[H-].[H-].[Ru+4]. The van der Waals surface area contributed by atoms with Gasteiger partial charge in [-0.2, -0.15) is 25.2 Å². The van der Waals surface area contributed by atoms with Crippen molar-refractivity contribution in [1.82, 2.24) is 0 Å². The summed E-state index contributed by atoms with van der Waals surface area (Å²) in [6.45, 7) is 0. The summed E-state index contributed by atoms with van der Waals surface area (Å²) in [5.41, 5.74) is 0. The van der Waals surface area contributed by atoms with Crippen LogP contribution in [0.4, 0.5) is 25.2 Å². The zero-order valence-electron chi connectivity index (χ0n) is 7.52. The number of hydrogen-bond acceptors (Lipinski definition) is 0. The summed E-state index contributed by atoms with van der Waals surface area (Å²) in [4.78, 5) is 0. The van der Waals surface area contributed by atoms with E-state index in [0.29, 0.717) is 0 Å². The summed E-state index contributed by atoms with van der Waals surface area (Å²) in [6, 6.07) is 0. The third-order valence-corrected chi connectivity index (χ3v) is 0. The van der Waals surface area contributed by atoms with Crippen LogP contribution in [-0.4, -0.2) is 0 Å². The Morgan fingerprint density at radius 2 is 0.667 bits per heavy atom. The van der Waals surface area contributed by atoms with E-state index < -0.39 is 17.7 Å². The first-order chi connectivity index (χ1) is 3.46. The minimum absolute atomic E-state index is 0. The van der Waals surface area contributed by atoms with Gasteiger partial charge in [0.25, 0.3) is 0 Å². The van der Waals surface area contributed by atoms with Gasteiger partial charge in [0.2, 0.25) is 0 Å². The van der Waals surface area contributed by atoms with Gasteiger partial charge in [0, 0.05) is 0 Å². The Labute approximate surface area is 68.9 Å². The average Bonchev–Trinajstić information content (AvgIpc) is 1.25. The summed E-state index contributed by atoms with van der Waals surface area (Å²) in [6.07, 6.45) is 0. The van der Waals surface area contributed by atoms with E-state index in [1.54, 1.807) is 0 Å². The van der Waals surface area contributed by atoms with Crippen molar-refractivity contribution in [3.63, 3.8) is 0 Å². The average molecular weight is 281 g/mol. The normalized spacial score (nSPS) is 8.00. The maximum absolute atomic E-state index is 9.73. The van der Waals surface area contributed by atoms with E-state index in [1.165, 1.54) is 0 Å². The van der Waals surface area contributed by atoms with Gasteiger partial charge >= 0.3 is 37.2 Å². The van der Waals surface area contributed by atoms with Crippen molar-refractivity contribution in [2.45, 2.75) is 0 Å². The molecule has 0 heterocycles. The van der Waals surface area contributed by atoms with Gasteiger partial charge in [-0.05, 0) is 0 Å². The first-order valence-electron chi connectivity index (χ1n) is 1.01. The third kappa shape index (κ3) is 400. The van der Waals surface area contributed by atoms with Crippen LogP contribution in [0.2, 0.25) is 0 Å². The van der Waals surface area contributed by atoms with E-state index in [1.807, 2.05) is 0 Å². The fourth-order valence-corrected chi connectivity index (χ4v) is 0. The fraction of sp³-hybridized carbons (Fsp3) is 0. The van der Waals surface area contributed by atoms with E-state index >= 15 is 0 Å². The smallest absolute Gasteiger partial charge is 1.00 e. The van der Waals surface area contributed by atoms with Crippen LogP contribution in [0.3, 0.4) is 0 Å². The van der Waals surface area contributed by atoms with Gasteiger partial charge in [-0.25, -0.2) is 0 Å². The van der Waals surface area contributed by atoms with Crippen molar-refractivity contribution in [3.8, 4) is 0 Å². The van der Waals surface area contributed by atoms with Gasteiger partial charge in [-0.1, -0.05) is 0 Å². The second-order valence-corrected chi connectivity index (χ2v) is 1.15. The Bertz CT molecular complexity index is 38.1. The topological polar surface area (TPSA) is 0 Å². The molecule has 0 rings (SSSR count). The Morgan fingerprint density at radius 3 is 0.667 bits per heavy atom. The summed E-state index contributed by atoms with van der Waals surface area (Å²) >= 11 is 0. The molecule has 0 atom stereocenters. The maximum Gasteiger partial charge on any atom is 4.00 e. The molecule has 0 aromatic heterocycles. The predicted octanol–water partition coefficient (Wildman–Crippen LogP) is 4.69. The van der Waals surface area contributed by atoms with E-state index in [0.717, 1.165) is 0 Å². The van der Waals surface area contributed by atoms with Gasteiger partial charge < -0.3 is 5.71 Å². The van der Waals surface area contributed by atoms with Crippen molar-refractivity contribution < 1.29 is 50.4 Å². The van der Waals surface area contributed by atoms with Crippen LogP contribution < -0.4 is 0 Å². The van der Waals surface area contributed by atoms with E-state index in [-0.39, 0.29) is 25.2 Å². The first kappa shape index (κ1) is 16.6. The minimum atomic E-state index is -4.12. The molecule has 0 spiro atoms. The molecule has 9 heavy (non-hydrogen) atoms. The maximum atomic E-state index is 9.73. The van der Waals surface area contributed by atoms with Gasteiger partial charge in [-0.15, -0.1) is 0 Å². The zero-order valence-corrected chi connectivity index (χ0v) is 7.04. The summed E-state index contributed by atoms with van der Waals surface area (Å²) < 4.78 is 58.4. The van der Waals surface area contributed by atoms with Crippen molar-refractivity contribution in [2.24, 2.45) is 0 Å². The summed E-state index contributed by atoms with van der Waals surface area (Å²) in [7, 11) is -8.24. The number of hydrogen-bond donors (Lipinski definition) is 0. The molecule has 0 N–H and O–H groups in total. The Balaban J connectivity index is -0.00000000800. The molecule has 0 saturated carbocycles. The molecule has 0 aromatic rings. The monoisotopic (exact) mass is 282 g/mol. The molecule has 9 heteroatoms. The second-order valence-electron chi connectivity index (χ2n) is 0.383. The van der Waals surface area contributed by atoms with Crippen LogP contribution in [-0.2, 0) is 19.5 Å². The zero-order chi connectivity index (χ0) is 7.15. The molecule has 0 fully saturated rings. The van der Waals surface area contributed by atoms with Crippen LogP contribution in [0.25, 0.3) is 0 Å². The molecule has 0 aliphatic rings. The van der Waals surface area contributed by atoms with Gasteiger partial charge in [0.05, 0.1) is 0 Å². The van der Waals surface area contributed by atoms with Crippen molar-refractivity contribution >= 4 is 17.7 Å². The first-order valence-corrected chi connectivity index (χ1v) is 3.04. The van der Waals surface area contributed by atoms with Crippen LogP contribution in [0.15, 0.2) is 0 Å². The largest absolute Gasteiger partial charge is 4.00 e. The van der Waals surface area contributed by atoms with Crippen LogP contribution in [0, 0.1) is 0 Å². The molecule has 0 aliphatic carbocycles. The van der Waals surface area contributed by atoms with Gasteiger partial charge in [-0.3, -0.25) is 0 Å². The van der Waals surface area contributed by atoms with Crippen LogP contribution in [0.1, 0.15) is 5.71 Å². The van der Waals surface area contributed by atoms with E-state index in [4.69, 9.17) is 0 Å². The molecule has 0 amide bonds. The van der Waals surface area contributed by atoms with Crippen molar-refractivity contribution in [1.29, 1.82) is 0 Å². The van der Waals surface area contributed by atoms with E-state index in [9.17, 15) is 25.2 Å². The summed E-state index contributed by atoms with van der Waals surface area (Å²) in [5, 5.41) is 0. The number of rotatable bonds is 0. The minimum Gasteiger partial charge on any atom is -1.00 e. The van der Waals surface area contributed by atoms with Crippen LogP contribution in [0.5, 0.6) is 0 Å². The standard InChI is InChI=1S/2F3P.Ru.4H/c2*1-4(2)3;;;;;/q;;+4;4*-1. The molecular formula is H4F6P2Ru. The molecule has 0 radical (unpaired) electrons. The van der Waals surface area contributed by atoms with Crippen LogP contribution >= 0.6 is 17.7 Å². The molecular weight excluding hydrogens is 277 g/mol. The Morgan fingerprint density at radius 1 is 0.667 bits per heavy atom. The molecule has 0 aromatic carbocycles. The Hall–Kier alpha value is 1.06. The quantitative estimate of drug-likeness (QED) is 0.343.